The number of anilines is 1. The van der Waals surface area contributed by atoms with E-state index in [9.17, 15) is 9.59 Å². The molecule has 0 spiro atoms. The Balaban J connectivity index is 1.32. The molecule has 0 saturated carbocycles. The van der Waals surface area contributed by atoms with Crippen molar-refractivity contribution in [2.24, 2.45) is 5.92 Å². The Morgan fingerprint density at radius 2 is 1.85 bits per heavy atom. The zero-order valence-electron chi connectivity index (χ0n) is 15.6. The molecular formula is C21H25N3O2S. The number of piperazine rings is 1. The zero-order valence-corrected chi connectivity index (χ0v) is 16.5. The maximum absolute atomic E-state index is 12.9. The lowest BCUT2D eigenvalue weighted by Crippen LogP contribution is -2.50. The molecule has 2 aromatic rings. The quantitative estimate of drug-likeness (QED) is 0.815. The van der Waals surface area contributed by atoms with Crippen molar-refractivity contribution < 1.29 is 9.59 Å². The van der Waals surface area contributed by atoms with Gasteiger partial charge in [0, 0.05) is 51.4 Å². The molecule has 2 saturated heterocycles. The molecule has 3 heterocycles. The monoisotopic (exact) mass is 383 g/mol. The molecule has 2 aliphatic rings. The van der Waals surface area contributed by atoms with Crippen LogP contribution in [0.5, 0.6) is 0 Å². The summed E-state index contributed by atoms with van der Waals surface area (Å²) in [6.07, 6.45) is 0.321. The number of aryl methyl sites for hydroxylation is 1. The number of benzene rings is 1. The number of thiophene rings is 1. The number of hydrogen-bond acceptors (Lipinski definition) is 4. The van der Waals surface area contributed by atoms with Gasteiger partial charge in [-0.2, -0.15) is 11.3 Å². The maximum Gasteiger partial charge on any atom is 0.228 e. The van der Waals surface area contributed by atoms with Crippen LogP contribution in [0.4, 0.5) is 5.69 Å². The SMILES string of the molecule is Cc1ccc(N2CC(C(=O)N3CCN(Cc4ccsc4)CC3)CC2=O)cc1. The fourth-order valence-electron chi connectivity index (χ4n) is 3.87. The largest absolute Gasteiger partial charge is 0.340 e. The number of nitrogens with zero attached hydrogens (tertiary/aromatic N) is 3. The van der Waals surface area contributed by atoms with E-state index in [1.807, 2.05) is 36.1 Å². The van der Waals surface area contributed by atoms with Crippen LogP contribution in [0.3, 0.4) is 0 Å². The molecule has 0 radical (unpaired) electrons. The summed E-state index contributed by atoms with van der Waals surface area (Å²) >= 11 is 1.72. The third kappa shape index (κ3) is 4.06. The Hall–Kier alpha value is -2.18. The van der Waals surface area contributed by atoms with Crippen LogP contribution in [-0.2, 0) is 16.1 Å². The minimum atomic E-state index is -0.220. The number of carbonyl (C=O) groups excluding carboxylic acids is 2. The molecule has 1 aromatic heterocycles. The average Bonchev–Trinajstić information content (AvgIpc) is 3.32. The zero-order chi connectivity index (χ0) is 18.8. The van der Waals surface area contributed by atoms with Gasteiger partial charge in [0.2, 0.25) is 11.8 Å². The average molecular weight is 384 g/mol. The number of rotatable bonds is 4. The fourth-order valence-corrected chi connectivity index (χ4v) is 4.53. The van der Waals surface area contributed by atoms with Crippen LogP contribution in [0, 0.1) is 12.8 Å². The molecule has 2 amide bonds. The first-order valence-corrected chi connectivity index (χ1v) is 10.4. The van der Waals surface area contributed by atoms with E-state index in [0.717, 1.165) is 38.4 Å². The van der Waals surface area contributed by atoms with Crippen molar-refractivity contribution in [1.29, 1.82) is 0 Å². The third-order valence-electron chi connectivity index (χ3n) is 5.49. The molecule has 142 valence electrons. The van der Waals surface area contributed by atoms with Crippen molar-refractivity contribution in [3.63, 3.8) is 0 Å². The van der Waals surface area contributed by atoms with E-state index in [1.54, 1.807) is 16.2 Å². The highest BCUT2D eigenvalue weighted by Gasteiger charge is 2.37. The normalized spacial score (nSPS) is 21.1. The smallest absolute Gasteiger partial charge is 0.228 e. The minimum Gasteiger partial charge on any atom is -0.340 e. The van der Waals surface area contributed by atoms with Gasteiger partial charge in [0.1, 0.15) is 0 Å². The summed E-state index contributed by atoms with van der Waals surface area (Å²) in [6.45, 7) is 6.76. The molecule has 4 rings (SSSR count). The summed E-state index contributed by atoms with van der Waals surface area (Å²) in [5.41, 5.74) is 3.40. The second-order valence-corrected chi connectivity index (χ2v) is 8.25. The third-order valence-corrected chi connectivity index (χ3v) is 6.22. The molecule has 5 nitrogen and oxygen atoms in total. The fraction of sp³-hybridized carbons (Fsp3) is 0.429. The summed E-state index contributed by atoms with van der Waals surface area (Å²) in [5, 5.41) is 4.29. The first kappa shape index (κ1) is 18.2. The van der Waals surface area contributed by atoms with E-state index in [-0.39, 0.29) is 17.7 Å². The summed E-state index contributed by atoms with van der Waals surface area (Å²) in [4.78, 5) is 31.5. The van der Waals surface area contributed by atoms with Crippen molar-refractivity contribution in [2.45, 2.75) is 19.9 Å². The van der Waals surface area contributed by atoms with Crippen LogP contribution in [0.2, 0.25) is 0 Å². The minimum absolute atomic E-state index is 0.0493. The Kier molecular flexibility index (Phi) is 5.27. The van der Waals surface area contributed by atoms with Gasteiger partial charge in [0.25, 0.3) is 0 Å². The summed E-state index contributed by atoms with van der Waals surface area (Å²) in [7, 11) is 0. The Labute approximate surface area is 164 Å². The van der Waals surface area contributed by atoms with E-state index in [1.165, 1.54) is 11.1 Å². The molecule has 2 fully saturated rings. The van der Waals surface area contributed by atoms with Gasteiger partial charge in [-0.15, -0.1) is 0 Å². The highest BCUT2D eigenvalue weighted by Crippen LogP contribution is 2.27. The summed E-state index contributed by atoms with van der Waals surface area (Å²) in [6, 6.07) is 10.1. The predicted octanol–water partition coefficient (Wildman–Crippen LogP) is 2.75. The molecule has 1 aromatic carbocycles. The van der Waals surface area contributed by atoms with Crippen LogP contribution < -0.4 is 4.90 Å². The lowest BCUT2D eigenvalue weighted by molar-refractivity contribution is -0.137. The van der Waals surface area contributed by atoms with Crippen molar-refractivity contribution in [3.8, 4) is 0 Å². The number of hydrogen-bond donors (Lipinski definition) is 0. The molecule has 2 aliphatic heterocycles. The number of amides is 2. The molecule has 0 N–H and O–H groups in total. The molecule has 27 heavy (non-hydrogen) atoms. The Morgan fingerprint density at radius 3 is 2.52 bits per heavy atom. The summed E-state index contributed by atoms with van der Waals surface area (Å²) in [5.74, 6) is -0.0383. The van der Waals surface area contributed by atoms with Crippen LogP contribution in [-0.4, -0.2) is 54.3 Å². The first-order chi connectivity index (χ1) is 13.1. The number of carbonyl (C=O) groups is 2. The maximum atomic E-state index is 12.9. The topological polar surface area (TPSA) is 43.9 Å². The van der Waals surface area contributed by atoms with E-state index >= 15 is 0 Å². The molecule has 1 atom stereocenters. The van der Waals surface area contributed by atoms with Crippen LogP contribution in [0.25, 0.3) is 0 Å². The first-order valence-electron chi connectivity index (χ1n) is 9.49. The molecular weight excluding hydrogens is 358 g/mol. The standard InChI is InChI=1S/C21H25N3O2S/c1-16-2-4-19(5-3-16)24-14-18(12-20(24)25)21(26)23-9-7-22(8-10-23)13-17-6-11-27-15-17/h2-6,11,15,18H,7-10,12-14H2,1H3. The second-order valence-electron chi connectivity index (χ2n) is 7.47. The van der Waals surface area contributed by atoms with Crippen LogP contribution in [0.15, 0.2) is 41.1 Å². The Morgan fingerprint density at radius 1 is 1.11 bits per heavy atom. The van der Waals surface area contributed by atoms with Gasteiger partial charge in [-0.25, -0.2) is 0 Å². The van der Waals surface area contributed by atoms with Crippen molar-refractivity contribution >= 4 is 28.8 Å². The second kappa shape index (κ2) is 7.82. The van der Waals surface area contributed by atoms with E-state index in [2.05, 4.69) is 21.7 Å². The lowest BCUT2D eigenvalue weighted by Gasteiger charge is -2.35. The van der Waals surface area contributed by atoms with Crippen molar-refractivity contribution in [3.05, 3.63) is 52.2 Å². The van der Waals surface area contributed by atoms with Gasteiger partial charge in [0.05, 0.1) is 5.92 Å². The van der Waals surface area contributed by atoms with Gasteiger partial charge in [0.15, 0.2) is 0 Å². The van der Waals surface area contributed by atoms with Gasteiger partial charge in [-0.3, -0.25) is 14.5 Å². The molecule has 6 heteroatoms. The predicted molar refractivity (Wildman–Crippen MR) is 108 cm³/mol. The van der Waals surface area contributed by atoms with E-state index in [0.29, 0.717) is 13.0 Å². The molecule has 0 bridgehead atoms. The van der Waals surface area contributed by atoms with Crippen LogP contribution in [0.1, 0.15) is 17.5 Å². The Bertz CT molecular complexity index is 795. The van der Waals surface area contributed by atoms with E-state index in [4.69, 9.17) is 0 Å². The molecule has 0 aliphatic carbocycles. The van der Waals surface area contributed by atoms with Gasteiger partial charge < -0.3 is 9.80 Å². The van der Waals surface area contributed by atoms with Crippen molar-refractivity contribution in [1.82, 2.24) is 9.80 Å². The van der Waals surface area contributed by atoms with Gasteiger partial charge in [-0.05, 0) is 41.4 Å². The summed E-state index contributed by atoms with van der Waals surface area (Å²) < 4.78 is 0. The highest BCUT2D eigenvalue weighted by molar-refractivity contribution is 7.07. The van der Waals surface area contributed by atoms with Crippen molar-refractivity contribution in [2.75, 3.05) is 37.6 Å². The van der Waals surface area contributed by atoms with E-state index < -0.39 is 0 Å². The van der Waals surface area contributed by atoms with Gasteiger partial charge >= 0.3 is 0 Å². The van der Waals surface area contributed by atoms with Gasteiger partial charge in [-0.1, -0.05) is 17.7 Å². The molecule has 1 unspecified atom stereocenters. The van der Waals surface area contributed by atoms with Crippen LogP contribution >= 0.6 is 11.3 Å². The lowest BCUT2D eigenvalue weighted by atomic mass is 10.1. The highest BCUT2D eigenvalue weighted by atomic mass is 32.1.